The van der Waals surface area contributed by atoms with E-state index >= 15 is 0 Å². The molecule has 0 spiro atoms. The summed E-state index contributed by atoms with van der Waals surface area (Å²) in [6.45, 7) is 1.85. The van der Waals surface area contributed by atoms with Crippen molar-refractivity contribution in [3.63, 3.8) is 0 Å². The maximum Gasteiger partial charge on any atom is 0.227 e. The molecule has 4 rings (SSSR count). The van der Waals surface area contributed by atoms with Crippen molar-refractivity contribution in [2.24, 2.45) is 11.8 Å². The fraction of sp³-hybridized carbons (Fsp3) is 0.579. The minimum absolute atomic E-state index is 0.215. The van der Waals surface area contributed by atoms with Crippen molar-refractivity contribution in [3.8, 4) is 11.4 Å². The number of rotatable bonds is 4. The summed E-state index contributed by atoms with van der Waals surface area (Å²) in [5, 5.41) is 3.99. The first kappa shape index (κ1) is 16.2. The summed E-state index contributed by atoms with van der Waals surface area (Å²) in [6, 6.07) is 3.68. The number of amides is 1. The van der Waals surface area contributed by atoms with Crippen molar-refractivity contribution in [2.75, 3.05) is 13.1 Å². The van der Waals surface area contributed by atoms with Gasteiger partial charge in [0.2, 0.25) is 17.6 Å². The summed E-state index contributed by atoms with van der Waals surface area (Å²) in [5.41, 5.74) is 0.871. The van der Waals surface area contributed by atoms with Crippen LogP contribution in [0.5, 0.6) is 0 Å². The smallest absolute Gasteiger partial charge is 0.227 e. The molecule has 1 aliphatic heterocycles. The molecule has 3 heterocycles. The van der Waals surface area contributed by atoms with Gasteiger partial charge in [-0.3, -0.25) is 9.78 Å². The Hall–Kier alpha value is -2.24. The van der Waals surface area contributed by atoms with E-state index < -0.39 is 0 Å². The van der Waals surface area contributed by atoms with Crippen molar-refractivity contribution < 1.29 is 9.32 Å². The molecule has 0 N–H and O–H groups in total. The lowest BCUT2D eigenvalue weighted by atomic mass is 9.75. The molecule has 1 amide bonds. The predicted molar refractivity (Wildman–Crippen MR) is 92.5 cm³/mol. The van der Waals surface area contributed by atoms with Gasteiger partial charge in [0.1, 0.15) is 0 Å². The molecule has 0 bridgehead atoms. The van der Waals surface area contributed by atoms with Crippen LogP contribution in [0.1, 0.15) is 44.4 Å². The first-order chi connectivity index (χ1) is 12.3. The van der Waals surface area contributed by atoms with Gasteiger partial charge in [0.15, 0.2) is 0 Å². The van der Waals surface area contributed by atoms with Crippen LogP contribution in [0.4, 0.5) is 0 Å². The third-order valence-electron chi connectivity index (χ3n) is 5.60. The third kappa shape index (κ3) is 3.72. The quantitative estimate of drug-likeness (QED) is 0.855. The van der Waals surface area contributed by atoms with Crippen molar-refractivity contribution >= 4 is 5.91 Å². The highest BCUT2D eigenvalue weighted by Crippen LogP contribution is 2.36. The number of aromatic nitrogens is 3. The zero-order valence-corrected chi connectivity index (χ0v) is 14.4. The lowest BCUT2D eigenvalue weighted by Gasteiger charge is -2.41. The van der Waals surface area contributed by atoms with Crippen molar-refractivity contribution in [2.45, 2.75) is 44.9 Å². The number of fused-ring (bicyclic) bond motifs is 1. The van der Waals surface area contributed by atoms with Gasteiger partial charge in [0.05, 0.1) is 0 Å². The normalized spacial score (nSPS) is 23.3. The maximum absolute atomic E-state index is 12.6. The maximum atomic E-state index is 12.6. The second kappa shape index (κ2) is 7.33. The second-order valence-corrected chi connectivity index (χ2v) is 7.18. The summed E-state index contributed by atoms with van der Waals surface area (Å²) >= 11 is 0. The molecule has 1 aliphatic carbocycles. The van der Waals surface area contributed by atoms with Gasteiger partial charge < -0.3 is 9.42 Å². The van der Waals surface area contributed by atoms with E-state index in [-0.39, 0.29) is 5.91 Å². The molecule has 2 aromatic heterocycles. The van der Waals surface area contributed by atoms with E-state index in [0.717, 1.165) is 24.6 Å². The standard InChI is InChI=1S/C19H24N4O2/c24-18(23-12-9-14-3-1-2-4-16(14)13-23)6-5-17-21-19(22-25-17)15-7-10-20-11-8-15/h7-8,10-11,14,16H,1-6,9,12-13H2. The molecule has 1 saturated heterocycles. The van der Waals surface area contributed by atoms with Crippen LogP contribution < -0.4 is 0 Å². The predicted octanol–water partition coefficient (Wildman–Crippen LogP) is 3.10. The Labute approximate surface area is 147 Å². The molecule has 2 aliphatic rings. The number of hydrogen-bond donors (Lipinski definition) is 0. The average molecular weight is 340 g/mol. The average Bonchev–Trinajstić information content (AvgIpc) is 3.15. The Morgan fingerprint density at radius 3 is 2.80 bits per heavy atom. The Bertz CT molecular complexity index is 715. The molecule has 2 unspecified atom stereocenters. The molecule has 0 radical (unpaired) electrons. The van der Waals surface area contributed by atoms with Crippen molar-refractivity contribution in [3.05, 3.63) is 30.4 Å². The largest absolute Gasteiger partial charge is 0.342 e. The number of piperidine rings is 1. The molecule has 0 aromatic carbocycles. The topological polar surface area (TPSA) is 72.1 Å². The van der Waals surface area contributed by atoms with Crippen LogP contribution in [0.25, 0.3) is 11.4 Å². The highest BCUT2D eigenvalue weighted by atomic mass is 16.5. The first-order valence-electron chi connectivity index (χ1n) is 9.30. The Morgan fingerprint density at radius 1 is 1.16 bits per heavy atom. The van der Waals surface area contributed by atoms with E-state index in [2.05, 4.69) is 15.1 Å². The Morgan fingerprint density at radius 2 is 1.96 bits per heavy atom. The molecular weight excluding hydrogens is 316 g/mol. The van der Waals surface area contributed by atoms with E-state index in [1.54, 1.807) is 12.4 Å². The molecule has 1 saturated carbocycles. The van der Waals surface area contributed by atoms with Gasteiger partial charge in [-0.25, -0.2) is 0 Å². The minimum atomic E-state index is 0.215. The van der Waals surface area contributed by atoms with E-state index in [0.29, 0.717) is 30.5 Å². The number of pyridine rings is 1. The van der Waals surface area contributed by atoms with Crippen LogP contribution in [0.3, 0.4) is 0 Å². The number of nitrogens with zero attached hydrogens (tertiary/aromatic N) is 4. The van der Waals surface area contributed by atoms with Crippen molar-refractivity contribution in [1.82, 2.24) is 20.0 Å². The Kier molecular flexibility index (Phi) is 4.76. The number of hydrogen-bond acceptors (Lipinski definition) is 5. The fourth-order valence-corrected chi connectivity index (χ4v) is 4.17. The number of likely N-dealkylation sites (tertiary alicyclic amines) is 1. The molecule has 6 heteroatoms. The Balaban J connectivity index is 1.31. The molecule has 25 heavy (non-hydrogen) atoms. The third-order valence-corrected chi connectivity index (χ3v) is 5.60. The molecule has 6 nitrogen and oxygen atoms in total. The molecule has 132 valence electrons. The van der Waals surface area contributed by atoms with Gasteiger partial charge in [0, 0.05) is 43.9 Å². The van der Waals surface area contributed by atoms with Crippen LogP contribution in [-0.2, 0) is 11.2 Å². The van der Waals surface area contributed by atoms with E-state index in [9.17, 15) is 4.79 Å². The van der Waals surface area contributed by atoms with Gasteiger partial charge in [-0.15, -0.1) is 0 Å². The van der Waals surface area contributed by atoms with Crippen LogP contribution in [0, 0.1) is 11.8 Å². The lowest BCUT2D eigenvalue weighted by Crippen LogP contribution is -2.44. The van der Waals surface area contributed by atoms with Crippen LogP contribution >= 0.6 is 0 Å². The van der Waals surface area contributed by atoms with Crippen LogP contribution in [0.2, 0.25) is 0 Å². The van der Waals surface area contributed by atoms with Gasteiger partial charge in [-0.05, 0) is 36.8 Å². The molecular formula is C19H24N4O2. The molecule has 2 fully saturated rings. The highest BCUT2D eigenvalue weighted by Gasteiger charge is 2.32. The van der Waals surface area contributed by atoms with E-state index in [1.165, 1.54) is 32.1 Å². The summed E-state index contributed by atoms with van der Waals surface area (Å²) in [5.74, 6) is 2.85. The zero-order chi connectivity index (χ0) is 17.1. The summed E-state index contributed by atoms with van der Waals surface area (Å²) in [4.78, 5) is 23.0. The number of carbonyl (C=O) groups is 1. The first-order valence-corrected chi connectivity index (χ1v) is 9.30. The van der Waals surface area contributed by atoms with Gasteiger partial charge in [-0.2, -0.15) is 4.98 Å². The van der Waals surface area contributed by atoms with Gasteiger partial charge >= 0.3 is 0 Å². The minimum Gasteiger partial charge on any atom is -0.342 e. The van der Waals surface area contributed by atoms with Crippen LogP contribution in [0.15, 0.2) is 29.0 Å². The zero-order valence-electron chi connectivity index (χ0n) is 14.4. The van der Waals surface area contributed by atoms with Crippen molar-refractivity contribution in [1.29, 1.82) is 0 Å². The van der Waals surface area contributed by atoms with E-state index in [4.69, 9.17) is 4.52 Å². The monoisotopic (exact) mass is 340 g/mol. The summed E-state index contributed by atoms with van der Waals surface area (Å²) in [7, 11) is 0. The number of carbonyl (C=O) groups excluding carboxylic acids is 1. The second-order valence-electron chi connectivity index (χ2n) is 7.18. The van der Waals surface area contributed by atoms with Gasteiger partial charge in [0.25, 0.3) is 0 Å². The van der Waals surface area contributed by atoms with Crippen LogP contribution in [-0.4, -0.2) is 39.0 Å². The summed E-state index contributed by atoms with van der Waals surface area (Å²) in [6.07, 6.45) is 10.8. The molecule has 2 atom stereocenters. The number of aryl methyl sites for hydroxylation is 1. The molecule has 2 aromatic rings. The fourth-order valence-electron chi connectivity index (χ4n) is 4.17. The van der Waals surface area contributed by atoms with Gasteiger partial charge in [-0.1, -0.05) is 24.4 Å². The highest BCUT2D eigenvalue weighted by molar-refractivity contribution is 5.76. The van der Waals surface area contributed by atoms with E-state index in [1.807, 2.05) is 17.0 Å². The summed E-state index contributed by atoms with van der Waals surface area (Å²) < 4.78 is 5.29. The SMILES string of the molecule is O=C(CCc1nc(-c2ccncc2)no1)N1CCC2CCCCC2C1. The lowest BCUT2D eigenvalue weighted by molar-refractivity contribution is -0.134.